The SMILES string of the molecule is COc1ccc(C2CCCN2C(=O)c2ccccc2)cc1. The Morgan fingerprint density at radius 3 is 2.48 bits per heavy atom. The van der Waals surface area contributed by atoms with E-state index in [4.69, 9.17) is 4.74 Å². The van der Waals surface area contributed by atoms with Crippen LogP contribution in [0.1, 0.15) is 34.8 Å². The minimum absolute atomic E-state index is 0.119. The fourth-order valence-electron chi connectivity index (χ4n) is 2.93. The van der Waals surface area contributed by atoms with Crippen LogP contribution in [-0.4, -0.2) is 24.5 Å². The second-order valence-electron chi connectivity index (χ2n) is 5.30. The van der Waals surface area contributed by atoms with Crippen LogP contribution in [0.2, 0.25) is 0 Å². The Bertz CT molecular complexity index is 607. The van der Waals surface area contributed by atoms with E-state index in [0.717, 1.165) is 30.7 Å². The smallest absolute Gasteiger partial charge is 0.254 e. The van der Waals surface area contributed by atoms with Crippen LogP contribution in [0.5, 0.6) is 5.75 Å². The van der Waals surface area contributed by atoms with Crippen molar-refractivity contribution in [2.45, 2.75) is 18.9 Å². The fourth-order valence-corrected chi connectivity index (χ4v) is 2.93. The molecular formula is C18H19NO2. The van der Waals surface area contributed by atoms with E-state index in [-0.39, 0.29) is 11.9 Å². The highest BCUT2D eigenvalue weighted by molar-refractivity contribution is 5.94. The second-order valence-corrected chi connectivity index (χ2v) is 5.30. The third-order valence-electron chi connectivity index (χ3n) is 4.03. The van der Waals surface area contributed by atoms with Gasteiger partial charge in [0.2, 0.25) is 0 Å². The molecule has 1 aliphatic heterocycles. The van der Waals surface area contributed by atoms with E-state index in [9.17, 15) is 4.79 Å². The third-order valence-corrected chi connectivity index (χ3v) is 4.03. The zero-order valence-corrected chi connectivity index (χ0v) is 12.2. The lowest BCUT2D eigenvalue weighted by molar-refractivity contribution is 0.0735. The molecular weight excluding hydrogens is 262 g/mol. The maximum absolute atomic E-state index is 12.7. The van der Waals surface area contributed by atoms with Gasteiger partial charge in [0.1, 0.15) is 5.75 Å². The molecule has 108 valence electrons. The molecule has 0 spiro atoms. The number of likely N-dealkylation sites (tertiary alicyclic amines) is 1. The Labute approximate surface area is 125 Å². The van der Waals surface area contributed by atoms with E-state index in [1.165, 1.54) is 5.56 Å². The summed E-state index contributed by atoms with van der Waals surface area (Å²) < 4.78 is 5.19. The second kappa shape index (κ2) is 6.00. The summed E-state index contributed by atoms with van der Waals surface area (Å²) in [5, 5.41) is 0. The standard InChI is InChI=1S/C18H19NO2/c1-21-16-11-9-14(10-12-16)17-8-5-13-19(17)18(20)15-6-3-2-4-7-15/h2-4,6-7,9-12,17H,5,8,13H2,1H3. The Balaban J connectivity index is 1.83. The molecule has 1 atom stereocenters. The number of hydrogen-bond acceptors (Lipinski definition) is 2. The van der Waals surface area contributed by atoms with Crippen LogP contribution in [0.25, 0.3) is 0 Å². The highest BCUT2D eigenvalue weighted by Crippen LogP contribution is 2.33. The molecule has 3 nitrogen and oxygen atoms in total. The van der Waals surface area contributed by atoms with Crippen molar-refractivity contribution in [1.29, 1.82) is 0 Å². The van der Waals surface area contributed by atoms with Gasteiger partial charge >= 0.3 is 0 Å². The van der Waals surface area contributed by atoms with Gasteiger partial charge in [-0.05, 0) is 42.7 Å². The van der Waals surface area contributed by atoms with Crippen molar-refractivity contribution in [2.24, 2.45) is 0 Å². The predicted molar refractivity (Wildman–Crippen MR) is 82.4 cm³/mol. The van der Waals surface area contributed by atoms with E-state index in [0.29, 0.717) is 0 Å². The van der Waals surface area contributed by atoms with Gasteiger partial charge in [-0.15, -0.1) is 0 Å². The molecule has 21 heavy (non-hydrogen) atoms. The summed E-state index contributed by atoms with van der Waals surface area (Å²) in [6.07, 6.45) is 2.07. The number of ether oxygens (including phenoxy) is 1. The molecule has 3 rings (SSSR count). The molecule has 1 heterocycles. The summed E-state index contributed by atoms with van der Waals surface area (Å²) in [6, 6.07) is 17.7. The highest BCUT2D eigenvalue weighted by Gasteiger charge is 2.30. The van der Waals surface area contributed by atoms with Crippen molar-refractivity contribution in [3.63, 3.8) is 0 Å². The first-order chi connectivity index (χ1) is 10.3. The minimum atomic E-state index is 0.119. The first-order valence-electron chi connectivity index (χ1n) is 7.29. The molecule has 1 amide bonds. The van der Waals surface area contributed by atoms with Crippen molar-refractivity contribution < 1.29 is 9.53 Å². The van der Waals surface area contributed by atoms with Gasteiger partial charge in [0.25, 0.3) is 5.91 Å². The Kier molecular flexibility index (Phi) is 3.91. The number of nitrogens with zero attached hydrogens (tertiary/aromatic N) is 1. The van der Waals surface area contributed by atoms with Crippen molar-refractivity contribution in [1.82, 2.24) is 4.90 Å². The minimum Gasteiger partial charge on any atom is -0.497 e. The number of rotatable bonds is 3. The number of hydrogen-bond donors (Lipinski definition) is 0. The monoisotopic (exact) mass is 281 g/mol. The van der Waals surface area contributed by atoms with Crippen molar-refractivity contribution >= 4 is 5.91 Å². The van der Waals surface area contributed by atoms with Gasteiger partial charge in [-0.25, -0.2) is 0 Å². The summed E-state index contributed by atoms with van der Waals surface area (Å²) in [4.78, 5) is 14.6. The maximum Gasteiger partial charge on any atom is 0.254 e. The van der Waals surface area contributed by atoms with Gasteiger partial charge < -0.3 is 9.64 Å². The molecule has 1 saturated heterocycles. The zero-order valence-electron chi connectivity index (χ0n) is 12.2. The highest BCUT2D eigenvalue weighted by atomic mass is 16.5. The van der Waals surface area contributed by atoms with E-state index >= 15 is 0 Å². The number of benzene rings is 2. The van der Waals surface area contributed by atoms with E-state index in [1.807, 2.05) is 47.4 Å². The lowest BCUT2D eigenvalue weighted by atomic mass is 10.0. The summed E-state index contributed by atoms with van der Waals surface area (Å²) in [7, 11) is 1.66. The lowest BCUT2D eigenvalue weighted by Crippen LogP contribution is -2.30. The first kappa shape index (κ1) is 13.7. The molecule has 0 radical (unpaired) electrons. The Morgan fingerprint density at radius 2 is 1.81 bits per heavy atom. The summed E-state index contributed by atoms with van der Waals surface area (Å²) in [6.45, 7) is 0.824. The molecule has 1 fully saturated rings. The van der Waals surface area contributed by atoms with E-state index in [2.05, 4.69) is 12.1 Å². The summed E-state index contributed by atoms with van der Waals surface area (Å²) >= 11 is 0. The number of methoxy groups -OCH3 is 1. The third kappa shape index (κ3) is 2.77. The molecule has 0 aliphatic carbocycles. The van der Waals surface area contributed by atoms with Crippen LogP contribution in [0.15, 0.2) is 54.6 Å². The largest absolute Gasteiger partial charge is 0.497 e. The number of carbonyl (C=O) groups is 1. The van der Waals surface area contributed by atoms with Gasteiger partial charge in [0.05, 0.1) is 13.2 Å². The van der Waals surface area contributed by atoms with Crippen LogP contribution < -0.4 is 4.74 Å². The fraction of sp³-hybridized carbons (Fsp3) is 0.278. The van der Waals surface area contributed by atoms with Crippen LogP contribution >= 0.6 is 0 Å². The van der Waals surface area contributed by atoms with Crippen molar-refractivity contribution in [3.05, 3.63) is 65.7 Å². The summed E-state index contributed by atoms with van der Waals surface area (Å²) in [5.41, 5.74) is 1.94. The molecule has 0 N–H and O–H groups in total. The predicted octanol–water partition coefficient (Wildman–Crippen LogP) is 3.67. The normalized spacial score (nSPS) is 17.8. The average Bonchev–Trinajstić information content (AvgIpc) is 3.04. The molecule has 0 saturated carbocycles. The number of carbonyl (C=O) groups excluding carboxylic acids is 1. The van der Waals surface area contributed by atoms with E-state index in [1.54, 1.807) is 7.11 Å². The molecule has 2 aromatic rings. The van der Waals surface area contributed by atoms with Crippen LogP contribution in [0, 0.1) is 0 Å². The molecule has 2 aromatic carbocycles. The van der Waals surface area contributed by atoms with Crippen LogP contribution in [-0.2, 0) is 0 Å². The number of amides is 1. The van der Waals surface area contributed by atoms with Crippen LogP contribution in [0.3, 0.4) is 0 Å². The zero-order chi connectivity index (χ0) is 14.7. The van der Waals surface area contributed by atoms with Crippen molar-refractivity contribution in [2.75, 3.05) is 13.7 Å². The van der Waals surface area contributed by atoms with Gasteiger partial charge in [-0.2, -0.15) is 0 Å². The topological polar surface area (TPSA) is 29.5 Å². The first-order valence-corrected chi connectivity index (χ1v) is 7.29. The van der Waals surface area contributed by atoms with Gasteiger partial charge in [0, 0.05) is 12.1 Å². The van der Waals surface area contributed by atoms with Gasteiger partial charge in [0.15, 0.2) is 0 Å². The van der Waals surface area contributed by atoms with Gasteiger partial charge in [-0.1, -0.05) is 30.3 Å². The Hall–Kier alpha value is -2.29. The molecule has 0 aromatic heterocycles. The quantitative estimate of drug-likeness (QED) is 0.859. The Morgan fingerprint density at radius 1 is 1.10 bits per heavy atom. The average molecular weight is 281 g/mol. The van der Waals surface area contributed by atoms with Crippen LogP contribution in [0.4, 0.5) is 0 Å². The molecule has 1 unspecified atom stereocenters. The van der Waals surface area contributed by atoms with E-state index < -0.39 is 0 Å². The van der Waals surface area contributed by atoms with Gasteiger partial charge in [-0.3, -0.25) is 4.79 Å². The maximum atomic E-state index is 12.7. The summed E-state index contributed by atoms with van der Waals surface area (Å²) in [5.74, 6) is 0.964. The molecule has 0 bridgehead atoms. The molecule has 3 heteroatoms. The lowest BCUT2D eigenvalue weighted by Gasteiger charge is -2.25. The van der Waals surface area contributed by atoms with Crippen molar-refractivity contribution in [3.8, 4) is 5.75 Å². The molecule has 1 aliphatic rings.